The van der Waals surface area contributed by atoms with E-state index in [2.05, 4.69) is 42.9 Å². The molecule has 2 nitrogen and oxygen atoms in total. The van der Waals surface area contributed by atoms with Crippen molar-refractivity contribution >= 4 is 16.7 Å². The van der Waals surface area contributed by atoms with E-state index in [0.29, 0.717) is 5.78 Å². The van der Waals surface area contributed by atoms with Crippen LogP contribution in [0.2, 0.25) is 0 Å². The van der Waals surface area contributed by atoms with Crippen molar-refractivity contribution in [2.75, 3.05) is 0 Å². The molecule has 0 spiro atoms. The van der Waals surface area contributed by atoms with Crippen molar-refractivity contribution in [1.29, 1.82) is 0 Å². The average molecular weight is 241 g/mol. The molecule has 1 heterocycles. The van der Waals surface area contributed by atoms with Crippen molar-refractivity contribution in [3.05, 3.63) is 35.5 Å². The smallest absolute Gasteiger partial charge is 0.140 e. The van der Waals surface area contributed by atoms with Crippen molar-refractivity contribution in [2.24, 2.45) is 7.05 Å². The number of benzene rings is 1. The number of hydrogen-bond donors (Lipinski definition) is 0. The van der Waals surface area contributed by atoms with Crippen LogP contribution in [0.5, 0.6) is 0 Å². The van der Waals surface area contributed by atoms with E-state index >= 15 is 0 Å². The molecule has 1 atom stereocenters. The van der Waals surface area contributed by atoms with Crippen molar-refractivity contribution in [2.45, 2.75) is 38.5 Å². The monoisotopic (exact) mass is 241 g/mol. The number of aromatic nitrogens is 1. The summed E-state index contributed by atoms with van der Waals surface area (Å²) in [5.41, 5.74) is 3.76. The minimum absolute atomic E-state index is 0.128. The van der Waals surface area contributed by atoms with Gasteiger partial charge < -0.3 is 4.57 Å². The van der Waals surface area contributed by atoms with Gasteiger partial charge in [-0.2, -0.15) is 0 Å². The summed E-state index contributed by atoms with van der Waals surface area (Å²) in [4.78, 5) is 12.1. The lowest BCUT2D eigenvalue weighted by Crippen LogP contribution is -2.16. The van der Waals surface area contributed by atoms with E-state index < -0.39 is 0 Å². The Bertz CT molecular complexity index is 609. The van der Waals surface area contributed by atoms with Gasteiger partial charge in [-0.25, -0.2) is 0 Å². The van der Waals surface area contributed by atoms with E-state index in [0.717, 1.165) is 19.3 Å². The van der Waals surface area contributed by atoms with Crippen LogP contribution in [0.1, 0.15) is 42.7 Å². The Kier molecular flexibility index (Phi) is 2.73. The van der Waals surface area contributed by atoms with E-state index in [1.165, 1.54) is 28.5 Å². The third-order valence-electron chi connectivity index (χ3n) is 4.18. The van der Waals surface area contributed by atoms with Gasteiger partial charge in [0, 0.05) is 36.5 Å². The molecule has 0 bridgehead atoms. The summed E-state index contributed by atoms with van der Waals surface area (Å²) in [6, 6.07) is 6.36. The average Bonchev–Trinajstić information content (AvgIpc) is 2.69. The maximum absolute atomic E-state index is 12.1. The van der Waals surface area contributed by atoms with Crippen LogP contribution in [0.4, 0.5) is 0 Å². The zero-order valence-electron chi connectivity index (χ0n) is 11.1. The molecule has 0 aliphatic heterocycles. The van der Waals surface area contributed by atoms with Crippen LogP contribution in [0, 0.1) is 6.92 Å². The first kappa shape index (κ1) is 11.5. The first-order valence-corrected chi connectivity index (χ1v) is 6.75. The van der Waals surface area contributed by atoms with Gasteiger partial charge >= 0.3 is 0 Å². The highest BCUT2D eigenvalue weighted by Crippen LogP contribution is 2.36. The lowest BCUT2D eigenvalue weighted by molar-refractivity contribution is -0.121. The highest BCUT2D eigenvalue weighted by atomic mass is 16.1. The lowest BCUT2D eigenvalue weighted by atomic mass is 9.82. The van der Waals surface area contributed by atoms with Gasteiger partial charge in [-0.1, -0.05) is 18.6 Å². The Labute approximate surface area is 108 Å². The SMILES string of the molecule is Cc1cccc2c1c(C1CCCCC1=O)cn2C. The highest BCUT2D eigenvalue weighted by Gasteiger charge is 2.27. The summed E-state index contributed by atoms with van der Waals surface area (Å²) in [5, 5.41) is 1.29. The number of fused-ring (bicyclic) bond motifs is 1. The molecule has 1 fully saturated rings. The Morgan fingerprint density at radius 2 is 2.11 bits per heavy atom. The van der Waals surface area contributed by atoms with Crippen molar-refractivity contribution in [1.82, 2.24) is 4.57 Å². The van der Waals surface area contributed by atoms with Crippen molar-refractivity contribution in [3.8, 4) is 0 Å². The molecule has 18 heavy (non-hydrogen) atoms. The number of aryl methyl sites for hydroxylation is 2. The van der Waals surface area contributed by atoms with Gasteiger partial charge in [0.25, 0.3) is 0 Å². The molecule has 1 saturated carbocycles. The van der Waals surface area contributed by atoms with Gasteiger partial charge in [0.2, 0.25) is 0 Å². The molecule has 1 aliphatic carbocycles. The van der Waals surface area contributed by atoms with Crippen LogP contribution >= 0.6 is 0 Å². The molecule has 2 aromatic rings. The molecule has 1 unspecified atom stereocenters. The van der Waals surface area contributed by atoms with Gasteiger partial charge in [-0.05, 0) is 37.0 Å². The maximum Gasteiger partial charge on any atom is 0.140 e. The summed E-state index contributed by atoms with van der Waals surface area (Å²) < 4.78 is 2.15. The van der Waals surface area contributed by atoms with Crippen molar-refractivity contribution in [3.63, 3.8) is 0 Å². The van der Waals surface area contributed by atoms with Crippen LogP contribution in [0.15, 0.2) is 24.4 Å². The van der Waals surface area contributed by atoms with Crippen LogP contribution in [-0.4, -0.2) is 10.4 Å². The normalized spacial score (nSPS) is 20.6. The largest absolute Gasteiger partial charge is 0.350 e. The van der Waals surface area contributed by atoms with E-state index in [4.69, 9.17) is 0 Å². The van der Waals surface area contributed by atoms with Crippen LogP contribution < -0.4 is 0 Å². The summed E-state index contributed by atoms with van der Waals surface area (Å²) >= 11 is 0. The van der Waals surface area contributed by atoms with Gasteiger partial charge in [0.1, 0.15) is 5.78 Å². The summed E-state index contributed by atoms with van der Waals surface area (Å²) in [6.45, 7) is 2.14. The van der Waals surface area contributed by atoms with Gasteiger partial charge in [-0.3, -0.25) is 4.79 Å². The van der Waals surface area contributed by atoms with E-state index in [9.17, 15) is 4.79 Å². The Morgan fingerprint density at radius 1 is 1.28 bits per heavy atom. The first-order chi connectivity index (χ1) is 8.68. The van der Waals surface area contributed by atoms with Gasteiger partial charge in [0.15, 0.2) is 0 Å². The lowest BCUT2D eigenvalue weighted by Gasteiger charge is -2.20. The summed E-state index contributed by atoms with van der Waals surface area (Å²) in [5.74, 6) is 0.556. The predicted molar refractivity (Wildman–Crippen MR) is 73.9 cm³/mol. The van der Waals surface area contributed by atoms with Gasteiger partial charge in [0.05, 0.1) is 0 Å². The second-order valence-electron chi connectivity index (χ2n) is 5.43. The molecule has 94 valence electrons. The number of carbonyl (C=O) groups excluding carboxylic acids is 1. The minimum Gasteiger partial charge on any atom is -0.350 e. The van der Waals surface area contributed by atoms with Crippen LogP contribution in [-0.2, 0) is 11.8 Å². The second-order valence-corrected chi connectivity index (χ2v) is 5.43. The molecule has 3 rings (SSSR count). The fraction of sp³-hybridized carbons (Fsp3) is 0.438. The number of carbonyl (C=O) groups is 1. The zero-order chi connectivity index (χ0) is 12.7. The Morgan fingerprint density at radius 3 is 2.89 bits per heavy atom. The number of rotatable bonds is 1. The van der Waals surface area contributed by atoms with Gasteiger partial charge in [-0.15, -0.1) is 0 Å². The zero-order valence-corrected chi connectivity index (χ0v) is 11.1. The minimum atomic E-state index is 0.128. The molecule has 1 aromatic heterocycles. The van der Waals surface area contributed by atoms with Crippen LogP contribution in [0.25, 0.3) is 10.9 Å². The standard InChI is InChI=1S/C16H19NO/c1-11-6-5-8-14-16(11)13(10-17(14)2)12-7-3-4-9-15(12)18/h5-6,8,10,12H,3-4,7,9H2,1-2H3. The predicted octanol–water partition coefficient (Wildman–Crippen LogP) is 3.71. The summed E-state index contributed by atoms with van der Waals surface area (Å²) in [7, 11) is 2.07. The molecule has 0 radical (unpaired) electrons. The number of nitrogens with zero attached hydrogens (tertiary/aromatic N) is 1. The molecule has 0 N–H and O–H groups in total. The third kappa shape index (κ3) is 1.67. The topological polar surface area (TPSA) is 22.0 Å². The quantitative estimate of drug-likeness (QED) is 0.746. The van der Waals surface area contributed by atoms with E-state index in [-0.39, 0.29) is 5.92 Å². The number of Topliss-reactive ketones (excluding diaryl/α,β-unsaturated/α-hetero) is 1. The fourth-order valence-electron chi connectivity index (χ4n) is 3.24. The maximum atomic E-state index is 12.1. The van der Waals surface area contributed by atoms with Crippen molar-refractivity contribution < 1.29 is 4.79 Å². The molecule has 1 aromatic carbocycles. The van der Waals surface area contributed by atoms with E-state index in [1.807, 2.05) is 0 Å². The number of ketones is 1. The summed E-state index contributed by atoms with van der Waals surface area (Å²) in [6.07, 6.45) is 6.18. The Hall–Kier alpha value is -1.57. The molecule has 0 amide bonds. The highest BCUT2D eigenvalue weighted by molar-refractivity contribution is 5.95. The third-order valence-corrected chi connectivity index (χ3v) is 4.18. The van der Waals surface area contributed by atoms with E-state index in [1.54, 1.807) is 0 Å². The molecule has 2 heteroatoms. The number of hydrogen-bond acceptors (Lipinski definition) is 1. The first-order valence-electron chi connectivity index (χ1n) is 6.75. The molecule has 0 saturated heterocycles. The molecular weight excluding hydrogens is 222 g/mol. The molecule has 1 aliphatic rings. The fourth-order valence-corrected chi connectivity index (χ4v) is 3.24. The second kappa shape index (κ2) is 4.27. The molecular formula is C16H19NO. The van der Waals surface area contributed by atoms with Crippen LogP contribution in [0.3, 0.4) is 0 Å². The Balaban J connectivity index is 2.20.